The van der Waals surface area contributed by atoms with Gasteiger partial charge in [0.2, 0.25) is 0 Å². The van der Waals surface area contributed by atoms with E-state index in [-0.39, 0.29) is 0 Å². The van der Waals surface area contributed by atoms with E-state index in [0.717, 1.165) is 0 Å². The summed E-state index contributed by atoms with van der Waals surface area (Å²) in [5.41, 5.74) is 0. The van der Waals surface area contributed by atoms with Crippen LogP contribution in [0.1, 0.15) is 6.92 Å². The summed E-state index contributed by atoms with van der Waals surface area (Å²) in [5, 5.41) is 18.6. The predicted octanol–water partition coefficient (Wildman–Crippen LogP) is -1.68. The highest BCUT2D eigenvalue weighted by molar-refractivity contribution is 6.28. The first kappa shape index (κ1) is 7.80. The van der Waals surface area contributed by atoms with Gasteiger partial charge in [0.15, 0.2) is 0 Å². The largest absolute Gasteiger partial charge is 0.870 e. The Labute approximate surface area is 45.1 Å². The van der Waals surface area contributed by atoms with E-state index < -0.39 is 13.4 Å². The zero-order valence-corrected chi connectivity index (χ0v) is 4.06. The Morgan fingerprint density at radius 3 is 1.88 bits per heavy atom. The highest BCUT2D eigenvalue weighted by Gasteiger charge is 2.18. The standard InChI is InChI=1S/C2H3BF2O3/c1-2(4,5)8-3(6)7/h1H3/q-2. The van der Waals surface area contributed by atoms with Crippen LogP contribution in [-0.2, 0) is 4.65 Å². The molecule has 0 heterocycles. The van der Waals surface area contributed by atoms with Gasteiger partial charge in [0.05, 0.1) is 7.32 Å². The van der Waals surface area contributed by atoms with Gasteiger partial charge in [0, 0.05) is 6.92 Å². The molecule has 0 radical (unpaired) electrons. The van der Waals surface area contributed by atoms with Crippen molar-refractivity contribution < 1.29 is 23.5 Å². The molecule has 0 saturated carbocycles. The van der Waals surface area contributed by atoms with Crippen LogP contribution in [0.5, 0.6) is 0 Å². The molecule has 0 unspecified atom stereocenters. The number of hydrogen-bond acceptors (Lipinski definition) is 3. The smallest absolute Gasteiger partial charge is 0.337 e. The van der Waals surface area contributed by atoms with Crippen molar-refractivity contribution in [2.75, 3.05) is 0 Å². The van der Waals surface area contributed by atoms with Crippen LogP contribution >= 0.6 is 0 Å². The number of hydrogen-bond donors (Lipinski definition) is 0. The Hall–Kier alpha value is -0.195. The van der Waals surface area contributed by atoms with Crippen molar-refractivity contribution in [1.29, 1.82) is 0 Å². The summed E-state index contributed by atoms with van der Waals surface area (Å²) in [6.07, 6.45) is -3.60. The Kier molecular flexibility index (Phi) is 2.33. The van der Waals surface area contributed by atoms with Crippen molar-refractivity contribution in [2.45, 2.75) is 13.0 Å². The normalized spacial score (nSPS) is 11.6. The fourth-order valence-corrected chi connectivity index (χ4v) is 0.169. The molecule has 48 valence electrons. The summed E-state index contributed by atoms with van der Waals surface area (Å²) in [4.78, 5) is 0. The van der Waals surface area contributed by atoms with Crippen molar-refractivity contribution in [3.8, 4) is 0 Å². The third-order valence-corrected chi connectivity index (χ3v) is 0.303. The van der Waals surface area contributed by atoms with Gasteiger partial charge in [-0.25, -0.2) is 0 Å². The van der Waals surface area contributed by atoms with Gasteiger partial charge in [0.1, 0.15) is 0 Å². The van der Waals surface area contributed by atoms with E-state index >= 15 is 0 Å². The van der Waals surface area contributed by atoms with E-state index in [9.17, 15) is 18.8 Å². The van der Waals surface area contributed by atoms with Crippen molar-refractivity contribution in [2.24, 2.45) is 0 Å². The second-order valence-corrected chi connectivity index (χ2v) is 1.21. The molecule has 0 rings (SSSR count). The van der Waals surface area contributed by atoms with Crippen LogP contribution in [0.3, 0.4) is 0 Å². The van der Waals surface area contributed by atoms with Crippen molar-refractivity contribution in [3.05, 3.63) is 0 Å². The molecule has 0 aromatic carbocycles. The van der Waals surface area contributed by atoms with Gasteiger partial charge in [-0.15, -0.1) is 0 Å². The molecule has 0 aromatic heterocycles. The fourth-order valence-electron chi connectivity index (χ4n) is 0.169. The van der Waals surface area contributed by atoms with Gasteiger partial charge in [0.25, 0.3) is 0 Å². The number of halogens is 2. The maximum Gasteiger partial charge on any atom is 0.337 e. The van der Waals surface area contributed by atoms with Crippen LogP contribution in [-0.4, -0.2) is 13.4 Å². The highest BCUT2D eigenvalue weighted by Crippen LogP contribution is 2.11. The average molecular weight is 124 g/mol. The molecule has 0 saturated heterocycles. The van der Waals surface area contributed by atoms with Gasteiger partial charge in [-0.2, -0.15) is 8.78 Å². The quantitative estimate of drug-likeness (QED) is 0.413. The molecule has 0 atom stereocenters. The Morgan fingerprint density at radius 1 is 1.50 bits per heavy atom. The second kappa shape index (κ2) is 2.39. The Bertz CT molecular complexity index is 70.2. The van der Waals surface area contributed by atoms with E-state index in [1.807, 2.05) is 0 Å². The van der Waals surface area contributed by atoms with Gasteiger partial charge in [-0.1, -0.05) is 0 Å². The fraction of sp³-hybridized carbons (Fsp3) is 1.00. The van der Waals surface area contributed by atoms with Crippen LogP contribution in [0, 0.1) is 0 Å². The molecular formula is C2H3BF2O3-2. The summed E-state index contributed by atoms with van der Waals surface area (Å²) >= 11 is 0. The molecule has 0 fully saturated rings. The maximum atomic E-state index is 11.4. The van der Waals surface area contributed by atoms with E-state index in [2.05, 4.69) is 4.65 Å². The third-order valence-electron chi connectivity index (χ3n) is 0.303. The van der Waals surface area contributed by atoms with Crippen molar-refractivity contribution in [3.63, 3.8) is 0 Å². The summed E-state index contributed by atoms with van der Waals surface area (Å²) in [6, 6.07) is 0. The molecule has 0 aromatic rings. The van der Waals surface area contributed by atoms with E-state index in [1.165, 1.54) is 0 Å². The molecule has 0 aliphatic rings. The van der Waals surface area contributed by atoms with Crippen molar-refractivity contribution in [1.82, 2.24) is 0 Å². The van der Waals surface area contributed by atoms with E-state index in [0.29, 0.717) is 6.92 Å². The lowest BCUT2D eigenvalue weighted by Crippen LogP contribution is -2.51. The first-order valence-corrected chi connectivity index (χ1v) is 1.79. The van der Waals surface area contributed by atoms with Crippen LogP contribution in [0.4, 0.5) is 8.78 Å². The molecule has 8 heavy (non-hydrogen) atoms. The molecule has 0 spiro atoms. The zero-order chi connectivity index (χ0) is 6.78. The minimum Gasteiger partial charge on any atom is -0.870 e. The first-order valence-electron chi connectivity index (χ1n) is 1.79. The summed E-state index contributed by atoms with van der Waals surface area (Å²) < 4.78 is 25.7. The molecule has 0 amide bonds. The lowest BCUT2D eigenvalue weighted by molar-refractivity contribution is -0.404. The minimum atomic E-state index is -3.60. The predicted molar refractivity (Wildman–Crippen MR) is 17.5 cm³/mol. The van der Waals surface area contributed by atoms with E-state index in [4.69, 9.17) is 0 Å². The Morgan fingerprint density at radius 2 is 1.88 bits per heavy atom. The summed E-state index contributed by atoms with van der Waals surface area (Å²) in [5.74, 6) is 0. The minimum absolute atomic E-state index is 0.329. The van der Waals surface area contributed by atoms with Gasteiger partial charge in [-0.3, -0.25) is 0 Å². The third kappa shape index (κ3) is 5.80. The summed E-state index contributed by atoms with van der Waals surface area (Å²) in [6.45, 7) is 0.329. The lowest BCUT2D eigenvalue weighted by Gasteiger charge is -2.29. The monoisotopic (exact) mass is 124 g/mol. The average Bonchev–Trinajstić information content (AvgIpc) is 1.21. The van der Waals surface area contributed by atoms with Gasteiger partial charge < -0.3 is 14.7 Å². The summed E-state index contributed by atoms with van der Waals surface area (Å²) in [7, 11) is -2.91. The molecule has 0 aliphatic carbocycles. The second-order valence-electron chi connectivity index (χ2n) is 1.21. The molecule has 0 bridgehead atoms. The molecular weight excluding hydrogens is 121 g/mol. The SMILES string of the molecule is CC(F)(F)OB([O-])[O-]. The van der Waals surface area contributed by atoms with Gasteiger partial charge >= 0.3 is 6.11 Å². The first-order chi connectivity index (χ1) is 3.42. The van der Waals surface area contributed by atoms with E-state index in [1.54, 1.807) is 0 Å². The molecule has 3 nitrogen and oxygen atoms in total. The van der Waals surface area contributed by atoms with Crippen LogP contribution in [0.2, 0.25) is 0 Å². The lowest BCUT2D eigenvalue weighted by atomic mass is 10.3. The zero-order valence-electron chi connectivity index (χ0n) is 4.06. The molecule has 0 aliphatic heterocycles. The van der Waals surface area contributed by atoms with Crippen LogP contribution < -0.4 is 10.0 Å². The van der Waals surface area contributed by atoms with Crippen LogP contribution in [0.15, 0.2) is 0 Å². The maximum absolute atomic E-state index is 11.4. The highest BCUT2D eigenvalue weighted by atomic mass is 19.3. The van der Waals surface area contributed by atoms with Crippen molar-refractivity contribution >= 4 is 7.32 Å². The molecule has 0 N–H and O–H groups in total. The molecule has 6 heteroatoms. The number of alkyl halides is 2. The number of rotatable bonds is 2. The van der Waals surface area contributed by atoms with Crippen LogP contribution in [0.25, 0.3) is 0 Å². The van der Waals surface area contributed by atoms with Gasteiger partial charge in [-0.05, 0) is 0 Å². The topological polar surface area (TPSA) is 55.3 Å². The Balaban J connectivity index is 3.39.